The van der Waals surface area contributed by atoms with E-state index in [4.69, 9.17) is 44.6 Å². The van der Waals surface area contributed by atoms with Gasteiger partial charge in [0.1, 0.15) is 69.8 Å². The van der Waals surface area contributed by atoms with E-state index in [1.165, 1.54) is 24.1 Å². The number of piperidine rings is 4. The maximum absolute atomic E-state index is 13.3. The van der Waals surface area contributed by atoms with E-state index in [0.29, 0.717) is 75.8 Å². The molecule has 69 heavy (non-hydrogen) atoms. The lowest BCUT2D eigenvalue weighted by molar-refractivity contribution is -0.0203. The number of β-amino-alcohol motifs (C(OH)–C–C–N with tert-alkyl or cyclic N) is 4. The van der Waals surface area contributed by atoms with Crippen molar-refractivity contribution in [2.24, 2.45) is 0 Å². The molecule has 0 aromatic carbocycles. The topological polar surface area (TPSA) is 197 Å². The highest BCUT2D eigenvalue weighted by Gasteiger charge is 2.33. The fourth-order valence-electron chi connectivity index (χ4n) is 6.96. The van der Waals surface area contributed by atoms with Crippen LogP contribution in [0.25, 0.3) is 0 Å². The van der Waals surface area contributed by atoms with E-state index in [0.717, 1.165) is 11.4 Å². The molecule has 4 aliphatic heterocycles. The predicted octanol–water partition coefficient (Wildman–Crippen LogP) is 6.05. The van der Waals surface area contributed by atoms with Crippen LogP contribution in [0.15, 0.2) is 36.4 Å². The summed E-state index contributed by atoms with van der Waals surface area (Å²) in [7, 11) is 5.24. The van der Waals surface area contributed by atoms with Gasteiger partial charge in [0.05, 0.1) is 36.8 Å². The summed E-state index contributed by atoms with van der Waals surface area (Å²) in [5, 5.41) is 40.9. The molecule has 0 aliphatic carbocycles. The summed E-state index contributed by atoms with van der Waals surface area (Å²) in [5.41, 5.74) is 2.00. The van der Waals surface area contributed by atoms with Crippen LogP contribution in [0.5, 0.6) is 5.88 Å². The summed E-state index contributed by atoms with van der Waals surface area (Å²) < 4.78 is 73.9. The number of halogens is 8. The summed E-state index contributed by atoms with van der Waals surface area (Å²) in [6, 6.07) is 9.40. The van der Waals surface area contributed by atoms with Gasteiger partial charge < -0.3 is 54.8 Å². The predicted molar refractivity (Wildman–Crippen MR) is 254 cm³/mol. The number of rotatable bonds is 6. The van der Waals surface area contributed by atoms with Crippen LogP contribution in [-0.4, -0.2) is 186 Å². The molecule has 0 unspecified atom stereocenters. The number of carbonyl (C=O) groups is 2. The molecule has 8 atom stereocenters. The molecule has 0 radical (unpaired) electrons. The summed E-state index contributed by atoms with van der Waals surface area (Å²) in [5.74, 6) is -0.584. The van der Waals surface area contributed by atoms with E-state index in [9.17, 15) is 46.9 Å². The number of amides is 1. The number of aliphatic hydroxyl groups excluding tert-OH is 4. The second kappa shape index (κ2) is 28.8. The molecule has 24 heteroatoms. The van der Waals surface area contributed by atoms with Gasteiger partial charge in [0.15, 0.2) is 12.1 Å². The molecule has 16 nitrogen and oxygen atoms in total. The van der Waals surface area contributed by atoms with Crippen LogP contribution in [0, 0.1) is 5.82 Å². The molecule has 4 aliphatic rings. The van der Waals surface area contributed by atoms with Crippen molar-refractivity contribution in [3.63, 3.8) is 0 Å². The zero-order chi connectivity index (χ0) is 51.6. The van der Waals surface area contributed by atoms with Crippen LogP contribution in [-0.2, 0) is 11.3 Å². The highest BCUT2D eigenvalue weighted by molar-refractivity contribution is 6.30. The number of carbonyl (C=O) groups excluding carboxylic acids is 2. The minimum Gasteiger partial charge on any atom is -0.479 e. The SMILES string of the molecule is CC(C)(C)OC(=O)N1CC[C@@H](F)[C@H](O)C1.CN(C)Cc1nc(Cl)ccc1N1CC[C@@H](F)[C@H](O)C1.COc1nc(Cl)ccc1F.O=Cc1nc(Cl)ccc1N1CC[C@@H](F)[C@H](O)C1.O[C@@H]1CNCC[C@H]1F. The van der Waals surface area contributed by atoms with Gasteiger partial charge in [0.2, 0.25) is 0 Å². The van der Waals surface area contributed by atoms with Crippen LogP contribution in [0.4, 0.5) is 38.1 Å². The lowest BCUT2D eigenvalue weighted by Crippen LogP contribution is -2.49. The summed E-state index contributed by atoms with van der Waals surface area (Å²) in [4.78, 5) is 41.3. The highest BCUT2D eigenvalue weighted by atomic mass is 35.5. The molecule has 5 N–H and O–H groups in total. The van der Waals surface area contributed by atoms with E-state index >= 15 is 0 Å². The van der Waals surface area contributed by atoms with Crippen molar-refractivity contribution >= 4 is 58.6 Å². The second-order valence-electron chi connectivity index (χ2n) is 17.6. The molecule has 0 spiro atoms. The van der Waals surface area contributed by atoms with Crippen molar-refractivity contribution in [2.75, 3.05) is 83.4 Å². The number of nitrogens with one attached hydrogen (secondary N) is 1. The van der Waals surface area contributed by atoms with Gasteiger partial charge in [-0.05, 0) is 103 Å². The van der Waals surface area contributed by atoms with Gasteiger partial charge in [0.25, 0.3) is 5.88 Å². The Morgan fingerprint density at radius 3 is 1.71 bits per heavy atom. The van der Waals surface area contributed by atoms with E-state index in [1.807, 2.05) is 30.0 Å². The van der Waals surface area contributed by atoms with Gasteiger partial charge in [-0.2, -0.15) is 4.98 Å². The van der Waals surface area contributed by atoms with Crippen LogP contribution >= 0.6 is 34.8 Å². The average Bonchev–Trinajstić information content (AvgIpc) is 3.28. The largest absolute Gasteiger partial charge is 0.479 e. The molecule has 0 bridgehead atoms. The Morgan fingerprint density at radius 2 is 1.25 bits per heavy atom. The lowest BCUT2D eigenvalue weighted by Gasteiger charge is -2.35. The zero-order valence-electron chi connectivity index (χ0n) is 39.4. The third-order valence-electron chi connectivity index (χ3n) is 10.5. The molecular formula is C45H64Cl3F5N8O8. The smallest absolute Gasteiger partial charge is 0.410 e. The van der Waals surface area contributed by atoms with Gasteiger partial charge in [0, 0.05) is 45.8 Å². The first kappa shape index (κ1) is 59.4. The minimum atomic E-state index is -1.23. The van der Waals surface area contributed by atoms with Crippen molar-refractivity contribution in [1.82, 2.24) is 30.1 Å². The van der Waals surface area contributed by atoms with Crippen molar-refractivity contribution in [3.05, 3.63) is 69.1 Å². The lowest BCUT2D eigenvalue weighted by atomic mass is 10.1. The number of hydrogen-bond donors (Lipinski definition) is 5. The summed E-state index contributed by atoms with van der Waals surface area (Å²) >= 11 is 17.1. The second-order valence-corrected chi connectivity index (χ2v) is 18.8. The van der Waals surface area contributed by atoms with Crippen LogP contribution in [0.2, 0.25) is 15.5 Å². The molecule has 4 fully saturated rings. The fraction of sp³-hybridized carbons (Fsp3) is 0.622. The third-order valence-corrected chi connectivity index (χ3v) is 11.2. The molecule has 7 heterocycles. The van der Waals surface area contributed by atoms with E-state index in [-0.39, 0.29) is 47.8 Å². The highest BCUT2D eigenvalue weighted by Crippen LogP contribution is 2.28. The molecular weight excluding hydrogens is 982 g/mol. The van der Waals surface area contributed by atoms with Crippen LogP contribution in [0.3, 0.4) is 0 Å². The Labute approximate surface area is 414 Å². The van der Waals surface area contributed by atoms with Crippen LogP contribution < -0.4 is 19.9 Å². The summed E-state index contributed by atoms with van der Waals surface area (Å²) in [6.07, 6.45) is -7.09. The molecule has 1 amide bonds. The van der Waals surface area contributed by atoms with Gasteiger partial charge in [-0.3, -0.25) is 4.79 Å². The van der Waals surface area contributed by atoms with E-state index in [1.54, 1.807) is 43.9 Å². The monoisotopic (exact) mass is 1040 g/mol. The number of alkyl halides is 4. The molecule has 0 saturated carbocycles. The summed E-state index contributed by atoms with van der Waals surface area (Å²) in [6.45, 7) is 8.85. The molecule has 388 valence electrons. The quantitative estimate of drug-likeness (QED) is 0.109. The van der Waals surface area contributed by atoms with Gasteiger partial charge in [-0.25, -0.2) is 36.7 Å². The number of aldehydes is 1. The number of pyridine rings is 3. The first-order chi connectivity index (χ1) is 32.4. The van der Waals surface area contributed by atoms with E-state index < -0.39 is 66.6 Å². The number of aliphatic hydroxyl groups is 4. The van der Waals surface area contributed by atoms with Crippen molar-refractivity contribution < 1.29 is 61.4 Å². The van der Waals surface area contributed by atoms with Gasteiger partial charge in [-0.15, -0.1) is 0 Å². The number of aromatic nitrogens is 3. The average molecular weight is 1050 g/mol. The van der Waals surface area contributed by atoms with Crippen LogP contribution in [0.1, 0.15) is 62.6 Å². The van der Waals surface area contributed by atoms with Gasteiger partial charge >= 0.3 is 6.09 Å². The van der Waals surface area contributed by atoms with Gasteiger partial charge in [-0.1, -0.05) is 34.8 Å². The minimum absolute atomic E-state index is 0.0100. The first-order valence-electron chi connectivity index (χ1n) is 22.2. The Kier molecular flexibility index (Phi) is 24.8. The normalized spacial score (nSPS) is 24.7. The first-order valence-corrected chi connectivity index (χ1v) is 23.3. The number of nitrogens with zero attached hydrogens (tertiary/aromatic N) is 7. The van der Waals surface area contributed by atoms with Crippen molar-refractivity contribution in [1.29, 1.82) is 0 Å². The Hall–Kier alpha value is -3.93. The Bertz CT molecular complexity index is 2050. The number of ether oxygens (including phenoxy) is 2. The number of likely N-dealkylation sites (tertiary alicyclic amines) is 1. The maximum Gasteiger partial charge on any atom is 0.410 e. The molecule has 3 aromatic heterocycles. The standard InChI is InChI=1S/C13H19ClFN3O.C11H12ClFN2O2.C10H18FNO3.C6H5ClFNO.C5H10FNO/c1-17(2)7-10-11(3-4-13(14)16-10)18-6-5-9(15)12(19)8-18;12-11-2-1-9(8(6-16)14-11)15-4-3-7(13)10(17)5-15;1-10(2,3)15-9(14)12-5-4-7(11)8(13)6-12;1-10-6-4(8)2-3-5(7)9-6;6-4-1-2-7-3-5(4)8/h3-4,9,12,19H,5-8H2,1-2H3;1-2,6-7,10,17H,3-5H2;7-8,13H,4-6H2,1-3H3;2-3H,1H3;4-5,7-8H,1-3H2/t9-,12-;7-,10-;7-,8-;;4-,5-/m111.1/s1. The molecule has 4 saturated heterocycles. The fourth-order valence-corrected chi connectivity index (χ4v) is 7.42. The Morgan fingerprint density at radius 1 is 0.754 bits per heavy atom. The Balaban J connectivity index is 0.000000235. The van der Waals surface area contributed by atoms with Crippen molar-refractivity contribution in [2.45, 2.75) is 108 Å². The molecule has 3 aromatic rings. The van der Waals surface area contributed by atoms with E-state index in [2.05, 4.69) is 25.0 Å². The maximum atomic E-state index is 13.3. The number of anilines is 2. The van der Waals surface area contributed by atoms with Crippen molar-refractivity contribution in [3.8, 4) is 5.88 Å². The molecule has 7 rings (SSSR count). The zero-order valence-corrected chi connectivity index (χ0v) is 41.7. The third kappa shape index (κ3) is 20.4. The number of methoxy groups -OCH3 is 1. The number of hydrogen-bond acceptors (Lipinski definition) is 15.